The Labute approximate surface area is 93.6 Å². The molecule has 0 heterocycles. The number of hydrogen-bond acceptors (Lipinski definition) is 4. The topological polar surface area (TPSA) is 89.4 Å². The second kappa shape index (κ2) is 4.58. The summed E-state index contributed by atoms with van der Waals surface area (Å²) in [5.74, 6) is -0.788. The average molecular weight is 253 g/mol. The Hall–Kier alpha value is -1.47. The van der Waals surface area contributed by atoms with Crippen molar-refractivity contribution in [2.45, 2.75) is 12.5 Å². The molecule has 0 bridgehead atoms. The van der Waals surface area contributed by atoms with Crippen LogP contribution < -0.4 is 5.73 Å². The molecule has 0 radical (unpaired) electrons. The van der Waals surface area contributed by atoms with Crippen LogP contribution in [0.4, 0.5) is 14.5 Å². The number of nitro groups is 1. The molecule has 88 valence electrons. The highest BCUT2D eigenvalue weighted by molar-refractivity contribution is 6.32. The molecule has 1 rings (SSSR count). The molecule has 0 unspecified atom stereocenters. The number of rotatable bonds is 3. The molecule has 0 aliphatic rings. The lowest BCUT2D eigenvalue weighted by molar-refractivity contribution is -0.386. The number of phenolic OH excluding ortho intramolecular Hbond substituents is 1. The molecule has 0 saturated heterocycles. The highest BCUT2D eigenvalue weighted by Gasteiger charge is 2.30. The number of nitrogens with zero attached hydrogens (tertiary/aromatic N) is 1. The Balaban J connectivity index is 3.43. The molecule has 8 heteroatoms. The molecule has 1 aromatic rings. The zero-order valence-electron chi connectivity index (χ0n) is 7.73. The van der Waals surface area contributed by atoms with Crippen molar-refractivity contribution in [3.8, 4) is 5.75 Å². The fourth-order valence-electron chi connectivity index (χ4n) is 1.18. The summed E-state index contributed by atoms with van der Waals surface area (Å²) >= 11 is 5.47. The maximum absolute atomic E-state index is 12.4. The summed E-state index contributed by atoms with van der Waals surface area (Å²) < 4.78 is 24.7. The van der Waals surface area contributed by atoms with Crippen LogP contribution in [0.1, 0.15) is 11.6 Å². The summed E-state index contributed by atoms with van der Waals surface area (Å²) in [5, 5.41) is 19.7. The molecule has 16 heavy (non-hydrogen) atoms. The van der Waals surface area contributed by atoms with Crippen LogP contribution in [0.5, 0.6) is 5.75 Å². The monoisotopic (exact) mass is 252 g/mol. The molecular weight excluding hydrogens is 246 g/mol. The van der Waals surface area contributed by atoms with Gasteiger partial charge in [0, 0.05) is 6.07 Å². The second-order valence-electron chi connectivity index (χ2n) is 2.95. The van der Waals surface area contributed by atoms with Crippen LogP contribution in [0.25, 0.3) is 0 Å². The fraction of sp³-hybridized carbons (Fsp3) is 0.250. The Morgan fingerprint density at radius 1 is 1.50 bits per heavy atom. The largest absolute Gasteiger partial charge is 0.506 e. The van der Waals surface area contributed by atoms with Crippen LogP contribution >= 0.6 is 11.6 Å². The van der Waals surface area contributed by atoms with Gasteiger partial charge in [-0.1, -0.05) is 11.6 Å². The number of alkyl halides is 2. The summed E-state index contributed by atoms with van der Waals surface area (Å²) in [5.41, 5.74) is 3.73. The van der Waals surface area contributed by atoms with Crippen molar-refractivity contribution >= 4 is 17.3 Å². The van der Waals surface area contributed by atoms with Crippen molar-refractivity contribution in [1.82, 2.24) is 0 Å². The highest BCUT2D eigenvalue weighted by atomic mass is 35.5. The minimum atomic E-state index is -3.04. The third-order valence-electron chi connectivity index (χ3n) is 1.95. The molecule has 5 nitrogen and oxygen atoms in total. The van der Waals surface area contributed by atoms with Gasteiger partial charge in [0.25, 0.3) is 12.1 Å². The van der Waals surface area contributed by atoms with Gasteiger partial charge >= 0.3 is 0 Å². The van der Waals surface area contributed by atoms with E-state index < -0.39 is 34.4 Å². The van der Waals surface area contributed by atoms with E-state index in [0.717, 1.165) is 12.1 Å². The van der Waals surface area contributed by atoms with Crippen LogP contribution in [0.3, 0.4) is 0 Å². The molecule has 3 N–H and O–H groups in total. The maximum atomic E-state index is 12.4. The van der Waals surface area contributed by atoms with Crippen LogP contribution in [0.15, 0.2) is 12.1 Å². The van der Waals surface area contributed by atoms with Gasteiger partial charge in [-0.25, -0.2) is 8.78 Å². The normalized spacial score (nSPS) is 12.8. The van der Waals surface area contributed by atoms with Gasteiger partial charge in [0.05, 0.1) is 15.5 Å². The van der Waals surface area contributed by atoms with E-state index in [-0.39, 0.29) is 5.02 Å². The summed E-state index contributed by atoms with van der Waals surface area (Å²) in [4.78, 5) is 9.65. The molecule has 0 amide bonds. The SMILES string of the molecule is N[C@H](c1c([N+](=O)[O-])ccc(Cl)c1O)C(F)F. The predicted octanol–water partition coefficient (Wildman–Crippen LogP) is 2.22. The summed E-state index contributed by atoms with van der Waals surface area (Å²) in [7, 11) is 0. The molecular formula is C8H7ClF2N2O3. The number of benzene rings is 1. The van der Waals surface area contributed by atoms with Crippen molar-refractivity contribution in [2.24, 2.45) is 5.73 Å². The first-order valence-corrected chi connectivity index (χ1v) is 4.43. The number of aromatic hydroxyl groups is 1. The van der Waals surface area contributed by atoms with Gasteiger partial charge < -0.3 is 10.8 Å². The third kappa shape index (κ3) is 2.20. The summed E-state index contributed by atoms with van der Waals surface area (Å²) in [6.45, 7) is 0. The maximum Gasteiger partial charge on any atom is 0.278 e. The number of nitro benzene ring substituents is 1. The van der Waals surface area contributed by atoms with E-state index in [1.807, 2.05) is 0 Å². The Bertz CT molecular complexity index is 428. The minimum absolute atomic E-state index is 0.267. The number of hydrogen-bond donors (Lipinski definition) is 2. The molecule has 0 spiro atoms. The van der Waals surface area contributed by atoms with Gasteiger partial charge in [-0.05, 0) is 6.07 Å². The zero-order valence-corrected chi connectivity index (χ0v) is 8.49. The van der Waals surface area contributed by atoms with Gasteiger partial charge in [0.1, 0.15) is 11.8 Å². The Kier molecular flexibility index (Phi) is 3.61. The first-order chi connectivity index (χ1) is 7.36. The summed E-state index contributed by atoms with van der Waals surface area (Å²) in [6.07, 6.45) is -3.04. The fourth-order valence-corrected chi connectivity index (χ4v) is 1.35. The zero-order chi connectivity index (χ0) is 12.5. The quantitative estimate of drug-likeness (QED) is 0.637. The lowest BCUT2D eigenvalue weighted by Gasteiger charge is -2.13. The molecule has 1 atom stereocenters. The van der Waals surface area contributed by atoms with Crippen molar-refractivity contribution in [1.29, 1.82) is 0 Å². The van der Waals surface area contributed by atoms with Crippen LogP contribution in [0.2, 0.25) is 5.02 Å². The molecule has 0 fully saturated rings. The molecule has 0 aliphatic carbocycles. The predicted molar refractivity (Wildman–Crippen MR) is 52.7 cm³/mol. The standard InChI is InChI=1S/C8H7ClF2N2O3/c9-3-1-2-4(13(15)16)5(7(3)14)6(12)8(10)11/h1-2,6,8,14H,12H2/t6-/m1/s1. The number of phenols is 1. The Morgan fingerprint density at radius 3 is 2.50 bits per heavy atom. The minimum Gasteiger partial charge on any atom is -0.506 e. The molecule has 0 aromatic heterocycles. The van der Waals surface area contributed by atoms with Crippen LogP contribution in [0, 0.1) is 10.1 Å². The average Bonchev–Trinajstić information content (AvgIpc) is 2.20. The van der Waals surface area contributed by atoms with Gasteiger partial charge in [-0.3, -0.25) is 10.1 Å². The van der Waals surface area contributed by atoms with Crippen molar-refractivity contribution < 1.29 is 18.8 Å². The number of halogens is 3. The molecule has 1 aromatic carbocycles. The van der Waals surface area contributed by atoms with Gasteiger partial charge in [-0.2, -0.15) is 0 Å². The van der Waals surface area contributed by atoms with Crippen LogP contribution in [-0.4, -0.2) is 16.5 Å². The second-order valence-corrected chi connectivity index (χ2v) is 3.35. The molecule has 0 saturated carbocycles. The van der Waals surface area contributed by atoms with Gasteiger partial charge in [0.2, 0.25) is 0 Å². The van der Waals surface area contributed by atoms with Crippen molar-refractivity contribution in [3.05, 3.63) is 32.8 Å². The van der Waals surface area contributed by atoms with E-state index >= 15 is 0 Å². The van der Waals surface area contributed by atoms with E-state index in [4.69, 9.17) is 17.3 Å². The first-order valence-electron chi connectivity index (χ1n) is 4.05. The van der Waals surface area contributed by atoms with Crippen molar-refractivity contribution in [3.63, 3.8) is 0 Å². The first kappa shape index (κ1) is 12.6. The Morgan fingerprint density at radius 2 is 2.06 bits per heavy atom. The van der Waals surface area contributed by atoms with E-state index in [1.54, 1.807) is 0 Å². The molecule has 0 aliphatic heterocycles. The smallest absolute Gasteiger partial charge is 0.278 e. The van der Waals surface area contributed by atoms with Crippen LogP contribution in [-0.2, 0) is 0 Å². The van der Waals surface area contributed by atoms with E-state index in [2.05, 4.69) is 0 Å². The van der Waals surface area contributed by atoms with E-state index in [0.29, 0.717) is 0 Å². The van der Waals surface area contributed by atoms with Gasteiger partial charge in [-0.15, -0.1) is 0 Å². The summed E-state index contributed by atoms with van der Waals surface area (Å²) in [6, 6.07) is -0.00447. The van der Waals surface area contributed by atoms with E-state index in [1.165, 1.54) is 0 Å². The lowest BCUT2D eigenvalue weighted by atomic mass is 10.0. The number of nitrogens with two attached hydrogens (primary N) is 1. The highest BCUT2D eigenvalue weighted by Crippen LogP contribution is 2.39. The lowest BCUT2D eigenvalue weighted by Crippen LogP contribution is -2.20. The third-order valence-corrected chi connectivity index (χ3v) is 2.25. The van der Waals surface area contributed by atoms with E-state index in [9.17, 15) is 24.0 Å². The van der Waals surface area contributed by atoms with Crippen molar-refractivity contribution in [2.75, 3.05) is 0 Å². The van der Waals surface area contributed by atoms with Gasteiger partial charge in [0.15, 0.2) is 0 Å².